The van der Waals surface area contributed by atoms with Gasteiger partial charge in [-0.25, -0.2) is 19.6 Å². The van der Waals surface area contributed by atoms with Gasteiger partial charge in [-0.05, 0) is 78.9 Å². The van der Waals surface area contributed by atoms with Crippen molar-refractivity contribution in [3.05, 3.63) is 107 Å². The van der Waals surface area contributed by atoms with Crippen molar-refractivity contribution < 1.29 is 9.53 Å². The maximum absolute atomic E-state index is 10.7. The Hall–Kier alpha value is -5.42. The normalized spacial score (nSPS) is 13.4. The van der Waals surface area contributed by atoms with Crippen LogP contribution in [-0.4, -0.2) is 40.2 Å². The molecule has 0 saturated heterocycles. The maximum Gasteiger partial charge on any atom is 0.250 e. The van der Waals surface area contributed by atoms with Gasteiger partial charge in [-0.3, -0.25) is 14.3 Å². The number of rotatable bonds is 4. The number of primary amides is 1. The van der Waals surface area contributed by atoms with Crippen LogP contribution in [0, 0.1) is 0 Å². The summed E-state index contributed by atoms with van der Waals surface area (Å²) in [5, 5.41) is 4.32. The van der Waals surface area contributed by atoms with Gasteiger partial charge < -0.3 is 16.2 Å². The molecule has 5 aromatic heterocycles. The molecule has 0 saturated carbocycles. The van der Waals surface area contributed by atoms with Crippen LogP contribution in [0.4, 0.5) is 5.82 Å². The average molecular weight is 558 g/mol. The van der Waals surface area contributed by atoms with Crippen LogP contribution >= 0.6 is 0 Å². The molecule has 6 aromatic rings. The number of fused-ring (bicyclic) bond motifs is 3. The van der Waals surface area contributed by atoms with Crippen LogP contribution in [0.5, 0.6) is 0 Å². The quantitative estimate of drug-likeness (QED) is 0.330. The third kappa shape index (κ3) is 4.65. The molecule has 0 bridgehead atoms. The zero-order valence-corrected chi connectivity index (χ0v) is 22.6. The van der Waals surface area contributed by atoms with Gasteiger partial charge in [0.2, 0.25) is 5.91 Å². The fourth-order valence-corrected chi connectivity index (χ4v) is 5.39. The molecule has 0 atom stereocenters. The minimum Gasteiger partial charge on any atom is -0.383 e. The predicted octanol–water partition coefficient (Wildman–Crippen LogP) is 3.95. The Morgan fingerprint density at radius 3 is 2.64 bits per heavy atom. The zero-order chi connectivity index (χ0) is 28.6. The number of ether oxygens (including phenoxy) is 1. The third-order valence-corrected chi connectivity index (χ3v) is 7.49. The largest absolute Gasteiger partial charge is 0.383 e. The number of imidazole rings is 1. The van der Waals surface area contributed by atoms with Gasteiger partial charge in [0.1, 0.15) is 11.3 Å². The van der Waals surface area contributed by atoms with Crippen molar-refractivity contribution in [3.8, 4) is 22.9 Å². The Morgan fingerprint density at radius 1 is 0.905 bits per heavy atom. The Balaban J connectivity index is 0.000000201. The molecule has 2 aliphatic rings. The predicted molar refractivity (Wildman–Crippen MR) is 157 cm³/mol. The highest BCUT2D eigenvalue weighted by molar-refractivity contribution is 5.92. The van der Waals surface area contributed by atoms with E-state index in [4.69, 9.17) is 26.2 Å². The van der Waals surface area contributed by atoms with Crippen molar-refractivity contribution in [2.75, 3.05) is 5.73 Å². The minimum absolute atomic E-state index is 0.444. The van der Waals surface area contributed by atoms with E-state index in [-0.39, 0.29) is 0 Å². The van der Waals surface area contributed by atoms with Crippen LogP contribution in [0.3, 0.4) is 0 Å². The summed E-state index contributed by atoms with van der Waals surface area (Å²) in [7, 11) is 0. The first-order valence-corrected chi connectivity index (χ1v) is 13.6. The van der Waals surface area contributed by atoms with Crippen molar-refractivity contribution in [2.24, 2.45) is 5.73 Å². The molecule has 1 amide bonds. The fraction of sp³-hybridized carbons (Fsp3) is 0.161. The van der Waals surface area contributed by atoms with Crippen molar-refractivity contribution in [1.29, 1.82) is 0 Å². The number of benzene rings is 1. The summed E-state index contributed by atoms with van der Waals surface area (Å²) >= 11 is 0. The van der Waals surface area contributed by atoms with Gasteiger partial charge in [0.05, 0.1) is 30.0 Å². The van der Waals surface area contributed by atoms with Crippen LogP contribution in [-0.2, 0) is 30.8 Å². The highest BCUT2D eigenvalue weighted by Gasteiger charge is 2.20. The first-order valence-electron chi connectivity index (χ1n) is 13.6. The molecule has 1 aliphatic carbocycles. The number of nitrogens with two attached hydrogens (primary N) is 2. The molecule has 1 aliphatic heterocycles. The van der Waals surface area contributed by atoms with E-state index in [1.54, 1.807) is 23.1 Å². The van der Waals surface area contributed by atoms with Gasteiger partial charge in [0.25, 0.3) is 0 Å². The Morgan fingerprint density at radius 2 is 1.81 bits per heavy atom. The zero-order valence-electron chi connectivity index (χ0n) is 22.6. The molecule has 11 heteroatoms. The van der Waals surface area contributed by atoms with Crippen LogP contribution < -0.4 is 11.5 Å². The van der Waals surface area contributed by atoms with E-state index in [1.807, 2.05) is 36.5 Å². The Labute approximate surface area is 240 Å². The highest BCUT2D eigenvalue weighted by atomic mass is 16.5. The monoisotopic (exact) mass is 557 g/mol. The summed E-state index contributed by atoms with van der Waals surface area (Å²) in [6.07, 6.45) is 10.2. The number of anilines is 1. The number of hydrogen-bond acceptors (Lipinski definition) is 8. The number of nitrogen functional groups attached to an aromatic ring is 1. The molecular formula is C31H27N9O2. The Bertz CT molecular complexity index is 1950. The van der Waals surface area contributed by atoms with E-state index in [0.717, 1.165) is 58.2 Å². The summed E-state index contributed by atoms with van der Waals surface area (Å²) in [5.74, 6) is 1.47. The number of hydrogen-bond donors (Lipinski definition) is 2. The van der Waals surface area contributed by atoms with Gasteiger partial charge in [-0.2, -0.15) is 5.10 Å². The smallest absolute Gasteiger partial charge is 0.250 e. The first-order chi connectivity index (χ1) is 20.5. The van der Waals surface area contributed by atoms with E-state index in [2.05, 4.69) is 37.8 Å². The summed E-state index contributed by atoms with van der Waals surface area (Å²) < 4.78 is 8.96. The summed E-state index contributed by atoms with van der Waals surface area (Å²) in [6.45, 7) is 1.07. The van der Waals surface area contributed by atoms with Gasteiger partial charge in [0, 0.05) is 36.0 Å². The lowest BCUT2D eigenvalue weighted by molar-refractivity contribution is 0.1000. The number of aryl methyl sites for hydroxylation is 2. The molecule has 0 unspecified atom stereocenters. The molecule has 8 rings (SSSR count). The molecule has 0 spiro atoms. The third-order valence-electron chi connectivity index (χ3n) is 7.49. The second kappa shape index (κ2) is 10.5. The van der Waals surface area contributed by atoms with Gasteiger partial charge in [0.15, 0.2) is 17.3 Å². The van der Waals surface area contributed by atoms with Gasteiger partial charge >= 0.3 is 0 Å². The summed E-state index contributed by atoms with van der Waals surface area (Å²) in [6, 6.07) is 17.9. The molecule has 4 N–H and O–H groups in total. The molecule has 0 radical (unpaired) electrons. The van der Waals surface area contributed by atoms with Gasteiger partial charge in [-0.15, -0.1) is 0 Å². The van der Waals surface area contributed by atoms with Crippen LogP contribution in [0.25, 0.3) is 34.1 Å². The van der Waals surface area contributed by atoms with Crippen LogP contribution in [0.1, 0.15) is 39.2 Å². The SMILES string of the molecule is NC(=O)c1cnc2c(c1)COC2.Nc1ncccc1-c1nc2ccc(-n3cccn3)nc2n1-c1ccc2c(c1)CCC2. The number of nitrogens with zero attached hydrogens (tertiary/aromatic N) is 7. The molecule has 42 heavy (non-hydrogen) atoms. The van der Waals surface area contributed by atoms with E-state index in [0.29, 0.717) is 24.6 Å². The molecule has 11 nitrogen and oxygen atoms in total. The second-order valence-corrected chi connectivity index (χ2v) is 10.2. The Kier molecular flexibility index (Phi) is 6.40. The number of pyridine rings is 3. The lowest BCUT2D eigenvalue weighted by atomic mass is 10.1. The average Bonchev–Trinajstić information content (AvgIpc) is 3.82. The van der Waals surface area contributed by atoms with E-state index >= 15 is 0 Å². The standard InChI is InChI=1S/C23H19N7.C8H8N2O2/c24-21-18(6-2-11-25-21)22-27-19-9-10-20(29-13-3-12-26-29)28-23(19)30(22)17-8-7-15-4-1-5-16(15)14-17;9-8(11)5-1-6-3-12-4-7(6)10-2-5/h2-3,6-14H,1,4-5H2,(H2,24,25);1-2H,3-4H2,(H2,9,11). The van der Waals surface area contributed by atoms with Crippen molar-refractivity contribution in [1.82, 2.24) is 34.3 Å². The molecule has 0 fully saturated rings. The summed E-state index contributed by atoms with van der Waals surface area (Å²) in [5.41, 5.74) is 19.8. The number of amides is 1. The fourth-order valence-electron chi connectivity index (χ4n) is 5.39. The molecule has 6 heterocycles. The van der Waals surface area contributed by atoms with E-state index in [9.17, 15) is 4.79 Å². The summed E-state index contributed by atoms with van der Waals surface area (Å²) in [4.78, 5) is 28.9. The second-order valence-electron chi connectivity index (χ2n) is 10.2. The van der Waals surface area contributed by atoms with Gasteiger partial charge in [-0.1, -0.05) is 6.07 Å². The highest BCUT2D eigenvalue weighted by Crippen LogP contribution is 2.32. The van der Waals surface area contributed by atoms with Crippen molar-refractivity contribution in [3.63, 3.8) is 0 Å². The van der Waals surface area contributed by atoms with Crippen LogP contribution in [0.2, 0.25) is 0 Å². The minimum atomic E-state index is -0.447. The maximum atomic E-state index is 10.7. The van der Waals surface area contributed by atoms with Crippen molar-refractivity contribution in [2.45, 2.75) is 32.5 Å². The lowest BCUT2D eigenvalue weighted by Gasteiger charge is -2.12. The van der Waals surface area contributed by atoms with Crippen LogP contribution in [0.15, 0.2) is 79.4 Å². The number of carbonyl (C=O) groups is 1. The number of carbonyl (C=O) groups excluding carboxylic acids is 1. The van der Waals surface area contributed by atoms with E-state index < -0.39 is 5.91 Å². The molecular weight excluding hydrogens is 530 g/mol. The lowest BCUT2D eigenvalue weighted by Crippen LogP contribution is -2.11. The number of aromatic nitrogens is 7. The van der Waals surface area contributed by atoms with Crippen molar-refractivity contribution >= 4 is 22.9 Å². The molecule has 208 valence electrons. The topological polar surface area (TPSA) is 153 Å². The molecule has 1 aromatic carbocycles. The first kappa shape index (κ1) is 25.5. The van der Waals surface area contributed by atoms with E-state index in [1.165, 1.54) is 23.7 Å².